The Morgan fingerprint density at radius 3 is 2.87 bits per heavy atom. The van der Waals surface area contributed by atoms with E-state index < -0.39 is 0 Å². The average Bonchev–Trinajstić information content (AvgIpc) is 3.49. The molecule has 0 bridgehead atoms. The van der Waals surface area contributed by atoms with E-state index in [0.29, 0.717) is 11.3 Å². The van der Waals surface area contributed by atoms with Crippen molar-refractivity contribution in [2.75, 3.05) is 5.32 Å². The van der Waals surface area contributed by atoms with Gasteiger partial charge in [-0.15, -0.1) is 0 Å². The number of nitrogens with one attached hydrogen (secondary N) is 1. The third-order valence-corrected chi connectivity index (χ3v) is 6.03. The number of anilines is 1. The first-order valence-corrected chi connectivity index (χ1v) is 10.2. The van der Waals surface area contributed by atoms with Crippen molar-refractivity contribution in [1.82, 2.24) is 0 Å². The van der Waals surface area contributed by atoms with E-state index in [-0.39, 0.29) is 34.3 Å². The van der Waals surface area contributed by atoms with Crippen molar-refractivity contribution < 1.29 is 14.1 Å². The lowest BCUT2D eigenvalue weighted by atomic mass is 9.76. The van der Waals surface area contributed by atoms with Gasteiger partial charge >= 0.3 is 0 Å². The summed E-state index contributed by atoms with van der Waals surface area (Å²) in [5, 5.41) is 14.8. The number of ketones is 1. The van der Waals surface area contributed by atoms with Gasteiger partial charge in [-0.2, -0.15) is 0 Å². The number of fused-ring (bicyclic) bond motifs is 3. The summed E-state index contributed by atoms with van der Waals surface area (Å²) in [6.45, 7) is 0. The smallest absolute Gasteiger partial charge is 0.269 e. The van der Waals surface area contributed by atoms with E-state index in [1.165, 1.54) is 12.1 Å². The van der Waals surface area contributed by atoms with Gasteiger partial charge in [0.25, 0.3) is 5.69 Å². The van der Waals surface area contributed by atoms with Crippen LogP contribution in [0.2, 0.25) is 0 Å². The maximum atomic E-state index is 12.7. The molecule has 1 aromatic heterocycles. The third kappa shape index (κ3) is 3.57. The van der Waals surface area contributed by atoms with Crippen molar-refractivity contribution in [2.24, 2.45) is 5.92 Å². The molecule has 3 atom stereocenters. The molecule has 1 N–H and O–H groups in total. The number of non-ortho nitro benzene ring substituents is 1. The summed E-state index contributed by atoms with van der Waals surface area (Å²) < 4.78 is 5.24. The SMILES string of the molecule is O=C(/C=C/c1ccco1)c1ccc2c(c1)[C@@H]1C=CC[C@H]1[C@H](c1cccc([N+](=O)[O-])c1)N2. The minimum absolute atomic E-state index is 0.0344. The molecule has 2 aromatic carbocycles. The second-order valence-corrected chi connectivity index (χ2v) is 7.84. The molecule has 2 aliphatic rings. The van der Waals surface area contributed by atoms with Gasteiger partial charge < -0.3 is 9.73 Å². The van der Waals surface area contributed by atoms with Crippen molar-refractivity contribution in [3.63, 3.8) is 0 Å². The molecule has 6 nitrogen and oxygen atoms in total. The Labute approximate surface area is 179 Å². The molecular formula is C25H20N2O4. The van der Waals surface area contributed by atoms with Crippen LogP contribution in [0.15, 0.2) is 83.5 Å². The monoisotopic (exact) mass is 412 g/mol. The van der Waals surface area contributed by atoms with Gasteiger partial charge in [0.15, 0.2) is 5.78 Å². The van der Waals surface area contributed by atoms with Gasteiger partial charge in [-0.05, 0) is 65.9 Å². The van der Waals surface area contributed by atoms with Gasteiger partial charge in [0.1, 0.15) is 5.76 Å². The number of furan rings is 1. The number of hydrogen-bond acceptors (Lipinski definition) is 5. The summed E-state index contributed by atoms with van der Waals surface area (Å²) >= 11 is 0. The Kier molecular flexibility index (Phi) is 4.75. The highest BCUT2D eigenvalue weighted by Crippen LogP contribution is 2.50. The molecule has 5 rings (SSSR count). The van der Waals surface area contributed by atoms with Gasteiger partial charge in [0.2, 0.25) is 0 Å². The molecule has 0 saturated heterocycles. The number of carbonyl (C=O) groups is 1. The van der Waals surface area contributed by atoms with Gasteiger partial charge in [0, 0.05) is 29.3 Å². The number of nitro benzene ring substituents is 1. The fraction of sp³-hybridized carbons (Fsp3) is 0.160. The molecule has 0 fully saturated rings. The van der Waals surface area contributed by atoms with Crippen LogP contribution in [-0.2, 0) is 0 Å². The van der Waals surface area contributed by atoms with Gasteiger partial charge in [-0.3, -0.25) is 14.9 Å². The molecule has 0 amide bonds. The molecular weight excluding hydrogens is 392 g/mol. The molecule has 0 saturated carbocycles. The van der Waals surface area contributed by atoms with E-state index in [9.17, 15) is 14.9 Å². The molecule has 2 heterocycles. The minimum Gasteiger partial charge on any atom is -0.465 e. The summed E-state index contributed by atoms with van der Waals surface area (Å²) in [5.74, 6) is 0.936. The predicted molar refractivity (Wildman–Crippen MR) is 118 cm³/mol. The van der Waals surface area contributed by atoms with Crippen molar-refractivity contribution in [2.45, 2.75) is 18.4 Å². The Balaban J connectivity index is 1.46. The Bertz CT molecular complexity index is 1210. The lowest BCUT2D eigenvalue weighted by molar-refractivity contribution is -0.384. The molecule has 6 heteroatoms. The molecule has 0 spiro atoms. The number of hydrogen-bond donors (Lipinski definition) is 1. The molecule has 154 valence electrons. The Morgan fingerprint density at radius 2 is 2.06 bits per heavy atom. The van der Waals surface area contributed by atoms with Crippen molar-refractivity contribution in [3.05, 3.63) is 112 Å². The third-order valence-electron chi connectivity index (χ3n) is 6.03. The quantitative estimate of drug-likeness (QED) is 0.185. The highest BCUT2D eigenvalue weighted by molar-refractivity contribution is 6.07. The number of nitro groups is 1. The topological polar surface area (TPSA) is 85.4 Å². The van der Waals surface area contributed by atoms with Crippen molar-refractivity contribution in [3.8, 4) is 0 Å². The van der Waals surface area contributed by atoms with Gasteiger partial charge in [-0.1, -0.05) is 24.3 Å². The maximum Gasteiger partial charge on any atom is 0.269 e. The molecule has 3 aromatic rings. The molecule has 1 aliphatic carbocycles. The average molecular weight is 412 g/mol. The largest absolute Gasteiger partial charge is 0.465 e. The highest BCUT2D eigenvalue weighted by atomic mass is 16.6. The number of allylic oxidation sites excluding steroid dienone is 3. The zero-order valence-corrected chi connectivity index (χ0v) is 16.6. The van der Waals surface area contributed by atoms with E-state index in [1.807, 2.05) is 24.3 Å². The zero-order valence-electron chi connectivity index (χ0n) is 16.6. The number of nitrogens with zero attached hydrogens (tertiary/aromatic N) is 1. The van der Waals surface area contributed by atoms with Crippen LogP contribution < -0.4 is 5.32 Å². The second kappa shape index (κ2) is 7.72. The standard InChI is InChI=1S/C25H20N2O4/c28-24(12-10-19-6-3-13-31-19)16-9-11-23-22(15-16)20-7-2-8-21(20)25(26-23)17-4-1-5-18(14-17)27(29)30/h1-7,9-15,20-21,25-26H,8H2/b12-10+/t20-,21-,25+/m1/s1. The number of carbonyl (C=O) groups excluding carboxylic acids is 1. The van der Waals surface area contributed by atoms with Crippen LogP contribution in [0.25, 0.3) is 6.08 Å². The number of rotatable bonds is 5. The van der Waals surface area contributed by atoms with Crippen LogP contribution in [0.5, 0.6) is 0 Å². The summed E-state index contributed by atoms with van der Waals surface area (Å²) in [6.07, 6.45) is 9.96. The van der Waals surface area contributed by atoms with Crippen LogP contribution >= 0.6 is 0 Å². The maximum absolute atomic E-state index is 12.7. The van der Waals surface area contributed by atoms with Crippen molar-refractivity contribution in [1.29, 1.82) is 0 Å². The van der Waals surface area contributed by atoms with Crippen LogP contribution in [0.3, 0.4) is 0 Å². The van der Waals surface area contributed by atoms with Crippen LogP contribution in [0.1, 0.15) is 45.6 Å². The molecule has 31 heavy (non-hydrogen) atoms. The fourth-order valence-corrected chi connectivity index (χ4v) is 4.55. The Hall–Kier alpha value is -3.93. The normalized spacial score (nSPS) is 21.5. The highest BCUT2D eigenvalue weighted by Gasteiger charge is 2.38. The minimum atomic E-state index is -0.362. The molecule has 0 radical (unpaired) electrons. The predicted octanol–water partition coefficient (Wildman–Crippen LogP) is 5.91. The van der Waals surface area contributed by atoms with E-state index in [4.69, 9.17) is 4.42 Å². The summed E-state index contributed by atoms with van der Waals surface area (Å²) in [7, 11) is 0. The summed E-state index contributed by atoms with van der Waals surface area (Å²) in [4.78, 5) is 23.5. The lowest BCUT2D eigenvalue weighted by Crippen LogP contribution is -2.29. The Morgan fingerprint density at radius 1 is 1.16 bits per heavy atom. The van der Waals surface area contributed by atoms with E-state index >= 15 is 0 Å². The summed E-state index contributed by atoms with van der Waals surface area (Å²) in [6, 6.07) is 16.1. The van der Waals surface area contributed by atoms with E-state index in [0.717, 1.165) is 23.2 Å². The van der Waals surface area contributed by atoms with Gasteiger partial charge in [0.05, 0.1) is 17.2 Å². The van der Waals surface area contributed by atoms with Crippen LogP contribution in [-0.4, -0.2) is 10.7 Å². The lowest BCUT2D eigenvalue weighted by Gasteiger charge is -2.37. The van der Waals surface area contributed by atoms with E-state index in [2.05, 4.69) is 17.5 Å². The van der Waals surface area contributed by atoms with Crippen LogP contribution in [0, 0.1) is 16.0 Å². The molecule has 0 unspecified atom stereocenters. The first kappa shape index (κ1) is 19.1. The summed E-state index contributed by atoms with van der Waals surface area (Å²) in [5.41, 5.74) is 3.65. The molecule has 1 aliphatic heterocycles. The van der Waals surface area contributed by atoms with Crippen LogP contribution in [0.4, 0.5) is 11.4 Å². The number of benzene rings is 2. The second-order valence-electron chi connectivity index (χ2n) is 7.84. The van der Waals surface area contributed by atoms with E-state index in [1.54, 1.807) is 36.6 Å². The fourth-order valence-electron chi connectivity index (χ4n) is 4.55. The first-order valence-electron chi connectivity index (χ1n) is 10.2. The first-order chi connectivity index (χ1) is 15.1. The van der Waals surface area contributed by atoms with Crippen molar-refractivity contribution >= 4 is 23.2 Å². The van der Waals surface area contributed by atoms with Gasteiger partial charge in [-0.25, -0.2) is 0 Å². The zero-order chi connectivity index (χ0) is 21.4.